The smallest absolute Gasteiger partial charge is 0.262 e. The van der Waals surface area contributed by atoms with E-state index in [1.165, 1.54) is 0 Å². The fourth-order valence-corrected chi connectivity index (χ4v) is 9.85. The molecule has 0 saturated heterocycles. The van der Waals surface area contributed by atoms with Crippen LogP contribution in [-0.4, -0.2) is 21.0 Å². The van der Waals surface area contributed by atoms with E-state index < -0.39 is 5.79 Å². The van der Waals surface area contributed by atoms with Crippen LogP contribution in [0, 0.1) is 0 Å². The summed E-state index contributed by atoms with van der Waals surface area (Å²) < 4.78 is 2.36. The molecule has 70 heavy (non-hydrogen) atoms. The standard InChI is InChI=1S/C66H46N4/c1-9-25-47(26-10-1)55-41-43-57(58(45-55)49-29-13-3-14-30-49)65-67-63(53-37-21-7-22-38-53)64(54-39-23-8-24-40-54)70(65)66(68-61(51-33-17-5-18-34-51)62(69-66)52-35-19-6-20-36-52)60-44-42-56(48-27-11-2-12-28-48)46-59(60)50-31-15-4-16-32-50/h1-46H. The summed E-state index contributed by atoms with van der Waals surface area (Å²) in [5, 5.41) is 0. The Hall–Kier alpha value is -9.25. The number of aliphatic imine (C=N–C) groups is 2. The van der Waals surface area contributed by atoms with Crippen molar-refractivity contribution in [2.24, 2.45) is 9.98 Å². The molecule has 0 radical (unpaired) electrons. The molecule has 2 heterocycles. The number of benzene rings is 10. The topological polar surface area (TPSA) is 42.5 Å². The number of aromatic nitrogens is 2. The SMILES string of the molecule is c1ccc(C2=NC(c3ccc(-c4ccccc4)cc3-c3ccccc3)(n3c(-c4ccc(-c5ccccc5)cc4-c4ccccc4)nc(-c4ccccc4)c3-c3ccccc3)N=C2c2ccccc2)cc1. The molecule has 0 saturated carbocycles. The van der Waals surface area contributed by atoms with Gasteiger partial charge in [-0.1, -0.05) is 267 Å². The largest absolute Gasteiger partial charge is 0.275 e. The van der Waals surface area contributed by atoms with Crippen molar-refractivity contribution in [1.82, 2.24) is 9.55 Å². The molecule has 4 heteroatoms. The van der Waals surface area contributed by atoms with Gasteiger partial charge in [0.15, 0.2) is 0 Å². The number of rotatable bonds is 11. The molecule has 12 rings (SSSR count). The molecule has 330 valence electrons. The van der Waals surface area contributed by atoms with E-state index in [2.05, 4.69) is 284 Å². The Bertz CT molecular complexity index is 3590. The molecule has 0 amide bonds. The van der Waals surface area contributed by atoms with Crippen LogP contribution in [0.3, 0.4) is 0 Å². The minimum absolute atomic E-state index is 0.733. The molecule has 1 aliphatic heterocycles. The molecule has 4 nitrogen and oxygen atoms in total. The Morgan fingerprint density at radius 3 is 1.09 bits per heavy atom. The fraction of sp³-hybridized carbons (Fsp3) is 0.0152. The van der Waals surface area contributed by atoms with E-state index in [0.29, 0.717) is 0 Å². The minimum atomic E-state index is -1.47. The summed E-state index contributed by atoms with van der Waals surface area (Å²) in [5.41, 5.74) is 17.7. The average Bonchev–Trinajstić information content (AvgIpc) is 4.06. The summed E-state index contributed by atoms with van der Waals surface area (Å²) in [4.78, 5) is 18.2. The molecule has 0 unspecified atom stereocenters. The van der Waals surface area contributed by atoms with Gasteiger partial charge in [-0.2, -0.15) is 0 Å². The van der Waals surface area contributed by atoms with Gasteiger partial charge in [-0.05, 0) is 56.6 Å². The van der Waals surface area contributed by atoms with Gasteiger partial charge >= 0.3 is 0 Å². The fourth-order valence-electron chi connectivity index (χ4n) is 9.85. The van der Waals surface area contributed by atoms with Crippen molar-refractivity contribution in [3.05, 3.63) is 296 Å². The molecular weight excluding hydrogens is 849 g/mol. The van der Waals surface area contributed by atoms with Crippen LogP contribution in [-0.2, 0) is 5.79 Å². The third-order valence-corrected chi connectivity index (χ3v) is 13.2. The van der Waals surface area contributed by atoms with Gasteiger partial charge < -0.3 is 0 Å². The second kappa shape index (κ2) is 18.4. The van der Waals surface area contributed by atoms with Gasteiger partial charge in [0, 0.05) is 33.4 Å². The molecule has 0 spiro atoms. The van der Waals surface area contributed by atoms with E-state index in [9.17, 15) is 0 Å². The summed E-state index contributed by atoms with van der Waals surface area (Å²) in [7, 11) is 0. The molecule has 0 bridgehead atoms. The lowest BCUT2D eigenvalue weighted by atomic mass is 9.90. The maximum atomic E-state index is 6.16. The lowest BCUT2D eigenvalue weighted by Crippen LogP contribution is -2.32. The highest BCUT2D eigenvalue weighted by Gasteiger charge is 2.46. The summed E-state index contributed by atoms with van der Waals surface area (Å²) >= 11 is 0. The molecule has 0 fully saturated rings. The van der Waals surface area contributed by atoms with Crippen LogP contribution in [0.1, 0.15) is 16.7 Å². The second-order valence-corrected chi connectivity index (χ2v) is 17.5. The molecular formula is C66H46N4. The molecule has 10 aromatic carbocycles. The predicted octanol–water partition coefficient (Wildman–Crippen LogP) is 16.2. The van der Waals surface area contributed by atoms with Crippen molar-refractivity contribution in [2.45, 2.75) is 5.79 Å². The van der Waals surface area contributed by atoms with E-state index in [1.807, 2.05) is 0 Å². The van der Waals surface area contributed by atoms with E-state index in [1.54, 1.807) is 0 Å². The highest BCUT2D eigenvalue weighted by atomic mass is 15.4. The van der Waals surface area contributed by atoms with Crippen molar-refractivity contribution in [2.75, 3.05) is 0 Å². The van der Waals surface area contributed by atoms with Crippen LogP contribution < -0.4 is 0 Å². The van der Waals surface area contributed by atoms with Crippen molar-refractivity contribution >= 4 is 11.4 Å². The van der Waals surface area contributed by atoms with Crippen LogP contribution in [0.15, 0.2) is 289 Å². The quantitative estimate of drug-likeness (QED) is 0.128. The van der Waals surface area contributed by atoms with Crippen molar-refractivity contribution in [1.29, 1.82) is 0 Å². The summed E-state index contributed by atoms with van der Waals surface area (Å²) in [6.45, 7) is 0. The summed E-state index contributed by atoms with van der Waals surface area (Å²) in [6.07, 6.45) is 0. The number of nitrogens with zero attached hydrogens (tertiary/aromatic N) is 4. The molecule has 0 N–H and O–H groups in total. The molecule has 11 aromatic rings. The Morgan fingerprint density at radius 1 is 0.271 bits per heavy atom. The first-order chi connectivity index (χ1) is 34.7. The monoisotopic (exact) mass is 894 g/mol. The van der Waals surface area contributed by atoms with Crippen molar-refractivity contribution in [3.63, 3.8) is 0 Å². The Labute approximate surface area is 409 Å². The zero-order chi connectivity index (χ0) is 46.7. The van der Waals surface area contributed by atoms with Crippen LogP contribution in [0.25, 0.3) is 78.4 Å². The third-order valence-electron chi connectivity index (χ3n) is 13.2. The Balaban J connectivity index is 1.28. The zero-order valence-electron chi connectivity index (χ0n) is 38.3. The van der Waals surface area contributed by atoms with Gasteiger partial charge in [0.1, 0.15) is 5.82 Å². The normalized spacial score (nSPS) is 12.9. The first-order valence-corrected chi connectivity index (χ1v) is 23.8. The molecule has 1 aliphatic rings. The maximum Gasteiger partial charge on any atom is 0.262 e. The van der Waals surface area contributed by atoms with Crippen LogP contribution in [0.2, 0.25) is 0 Å². The number of imidazole rings is 1. The van der Waals surface area contributed by atoms with E-state index in [0.717, 1.165) is 107 Å². The van der Waals surface area contributed by atoms with Gasteiger partial charge in [0.25, 0.3) is 5.79 Å². The number of hydrogen-bond acceptors (Lipinski definition) is 3. The first-order valence-electron chi connectivity index (χ1n) is 23.8. The van der Waals surface area contributed by atoms with Crippen LogP contribution in [0.5, 0.6) is 0 Å². The van der Waals surface area contributed by atoms with Crippen molar-refractivity contribution in [3.8, 4) is 78.4 Å². The number of hydrogen-bond donors (Lipinski definition) is 0. The Morgan fingerprint density at radius 2 is 0.629 bits per heavy atom. The van der Waals surface area contributed by atoms with Gasteiger partial charge in [-0.25, -0.2) is 15.0 Å². The van der Waals surface area contributed by atoms with E-state index >= 15 is 0 Å². The first kappa shape index (κ1) is 42.1. The van der Waals surface area contributed by atoms with E-state index in [-0.39, 0.29) is 0 Å². The average molecular weight is 895 g/mol. The molecule has 0 atom stereocenters. The van der Waals surface area contributed by atoms with Gasteiger partial charge in [0.2, 0.25) is 0 Å². The highest BCUT2D eigenvalue weighted by molar-refractivity contribution is 6.54. The second-order valence-electron chi connectivity index (χ2n) is 17.5. The lowest BCUT2D eigenvalue weighted by molar-refractivity contribution is 0.410. The minimum Gasteiger partial charge on any atom is -0.275 e. The lowest BCUT2D eigenvalue weighted by Gasteiger charge is -2.32. The van der Waals surface area contributed by atoms with Gasteiger partial charge in [0.05, 0.1) is 22.8 Å². The van der Waals surface area contributed by atoms with Gasteiger partial charge in [-0.3, -0.25) is 4.57 Å². The predicted molar refractivity (Wildman–Crippen MR) is 290 cm³/mol. The molecule has 1 aromatic heterocycles. The van der Waals surface area contributed by atoms with Gasteiger partial charge in [-0.15, -0.1) is 0 Å². The maximum absolute atomic E-state index is 6.16. The zero-order valence-corrected chi connectivity index (χ0v) is 38.3. The third kappa shape index (κ3) is 7.77. The van der Waals surface area contributed by atoms with Crippen LogP contribution >= 0.6 is 0 Å². The highest BCUT2D eigenvalue weighted by Crippen LogP contribution is 2.50. The van der Waals surface area contributed by atoms with Crippen LogP contribution in [0.4, 0.5) is 0 Å². The molecule has 0 aliphatic carbocycles. The van der Waals surface area contributed by atoms with Crippen molar-refractivity contribution < 1.29 is 0 Å². The van der Waals surface area contributed by atoms with E-state index in [4.69, 9.17) is 15.0 Å². The summed E-state index contributed by atoms with van der Waals surface area (Å²) in [6, 6.07) is 98.3. The summed E-state index contributed by atoms with van der Waals surface area (Å²) in [5.74, 6) is -0.736. The Kier molecular flexibility index (Phi) is 11.1.